The van der Waals surface area contributed by atoms with Crippen molar-refractivity contribution in [3.05, 3.63) is 77.0 Å². The fourth-order valence-corrected chi connectivity index (χ4v) is 4.33. The quantitative estimate of drug-likeness (QED) is 0.472. The maximum atomic E-state index is 13.4. The van der Waals surface area contributed by atoms with E-state index in [4.69, 9.17) is 4.98 Å². The van der Waals surface area contributed by atoms with E-state index in [1.54, 1.807) is 6.07 Å². The van der Waals surface area contributed by atoms with Crippen LogP contribution < -0.4 is 9.47 Å². The zero-order chi connectivity index (χ0) is 22.5. The van der Waals surface area contributed by atoms with E-state index in [-0.39, 0.29) is 25.1 Å². The van der Waals surface area contributed by atoms with Crippen LogP contribution in [0.2, 0.25) is 0 Å². The Balaban J connectivity index is 0.00000259. The molecule has 1 aliphatic heterocycles. The second-order valence-electron chi connectivity index (χ2n) is 8.53. The Morgan fingerprint density at radius 1 is 1.06 bits per heavy atom. The molecule has 1 aromatic heterocycles. The Kier molecular flexibility index (Phi) is 4.77. The van der Waals surface area contributed by atoms with Crippen LogP contribution in [0.15, 0.2) is 54.6 Å². The SMILES string of the molecule is CCc1cccc(-c2nc(CC(=O)C3(c4ccc5c(c4)OC(F)(F)O5)CC3)ccc2C)c1.[HH]. The first-order chi connectivity index (χ1) is 15.3. The number of aromatic nitrogens is 1. The van der Waals surface area contributed by atoms with Crippen molar-refractivity contribution < 1.29 is 24.5 Å². The molecule has 0 amide bonds. The summed E-state index contributed by atoms with van der Waals surface area (Å²) in [6.45, 7) is 4.12. The molecule has 0 unspecified atom stereocenters. The van der Waals surface area contributed by atoms with Gasteiger partial charge in [0.2, 0.25) is 0 Å². The van der Waals surface area contributed by atoms with Gasteiger partial charge in [-0.15, -0.1) is 8.78 Å². The van der Waals surface area contributed by atoms with E-state index in [1.807, 2.05) is 31.2 Å². The average molecular weight is 437 g/mol. The summed E-state index contributed by atoms with van der Waals surface area (Å²) in [7, 11) is 0. The topological polar surface area (TPSA) is 48.4 Å². The van der Waals surface area contributed by atoms with Gasteiger partial charge >= 0.3 is 6.29 Å². The Hall–Kier alpha value is -3.28. The van der Waals surface area contributed by atoms with E-state index in [0.29, 0.717) is 24.1 Å². The van der Waals surface area contributed by atoms with Gasteiger partial charge in [-0.25, -0.2) is 0 Å². The predicted molar refractivity (Wildman–Crippen MR) is 118 cm³/mol. The van der Waals surface area contributed by atoms with E-state index in [2.05, 4.69) is 28.5 Å². The van der Waals surface area contributed by atoms with Gasteiger partial charge in [0.15, 0.2) is 11.5 Å². The molecule has 1 saturated carbocycles. The van der Waals surface area contributed by atoms with Gasteiger partial charge < -0.3 is 9.47 Å². The number of hydrogen-bond donors (Lipinski definition) is 0. The van der Waals surface area contributed by atoms with Crippen molar-refractivity contribution >= 4 is 5.78 Å². The van der Waals surface area contributed by atoms with Gasteiger partial charge in [-0.05, 0) is 67.1 Å². The highest BCUT2D eigenvalue weighted by molar-refractivity contribution is 5.94. The highest BCUT2D eigenvalue weighted by Gasteiger charge is 2.52. The van der Waals surface area contributed by atoms with Gasteiger partial charge in [0, 0.05) is 19.1 Å². The summed E-state index contributed by atoms with van der Waals surface area (Å²) in [6, 6.07) is 16.8. The number of nitrogens with zero attached hydrogens (tertiary/aromatic N) is 1. The van der Waals surface area contributed by atoms with Crippen molar-refractivity contribution in [3.63, 3.8) is 0 Å². The normalized spacial score (nSPS) is 17.2. The number of ketones is 1. The number of pyridine rings is 1. The first kappa shape index (κ1) is 20.6. The third-order valence-electron chi connectivity index (χ3n) is 6.34. The molecule has 166 valence electrons. The monoisotopic (exact) mass is 437 g/mol. The van der Waals surface area contributed by atoms with E-state index >= 15 is 0 Å². The van der Waals surface area contributed by atoms with Gasteiger partial charge in [-0.1, -0.05) is 37.3 Å². The molecule has 0 radical (unpaired) electrons. The lowest BCUT2D eigenvalue weighted by Gasteiger charge is -2.16. The van der Waals surface area contributed by atoms with Gasteiger partial charge in [-0.2, -0.15) is 0 Å². The lowest BCUT2D eigenvalue weighted by Crippen LogP contribution is -2.26. The highest BCUT2D eigenvalue weighted by Crippen LogP contribution is 2.52. The van der Waals surface area contributed by atoms with Crippen molar-refractivity contribution in [3.8, 4) is 22.8 Å². The van der Waals surface area contributed by atoms with Crippen molar-refractivity contribution in [2.45, 2.75) is 51.2 Å². The van der Waals surface area contributed by atoms with Crippen LogP contribution >= 0.6 is 0 Å². The molecule has 1 aliphatic carbocycles. The van der Waals surface area contributed by atoms with Crippen molar-refractivity contribution in [2.24, 2.45) is 0 Å². The zero-order valence-corrected chi connectivity index (χ0v) is 18.0. The number of Topliss-reactive ketones (excluding diaryl/α,β-unsaturated/α-hetero) is 1. The molecule has 32 heavy (non-hydrogen) atoms. The van der Waals surface area contributed by atoms with E-state index < -0.39 is 11.7 Å². The van der Waals surface area contributed by atoms with Crippen LogP contribution in [0.3, 0.4) is 0 Å². The number of alkyl halides is 2. The number of carbonyl (C=O) groups excluding carboxylic acids is 1. The fourth-order valence-electron chi connectivity index (χ4n) is 4.33. The lowest BCUT2D eigenvalue weighted by atomic mass is 9.88. The molecular weight excluding hydrogens is 412 g/mol. The molecule has 3 aromatic rings. The highest BCUT2D eigenvalue weighted by atomic mass is 19.3. The van der Waals surface area contributed by atoms with Gasteiger partial charge in [0.1, 0.15) is 5.78 Å². The standard InChI is InChI=1S/C26H23F2NO3.H2/c1-3-17-5-4-6-18(13-17)24-16(2)7-9-20(29-24)15-23(30)25(11-12-25)19-8-10-21-22(14-19)32-26(27,28)31-21;/h4-10,13-14H,3,11-12,15H2,1-2H3;1H. The zero-order valence-electron chi connectivity index (χ0n) is 18.0. The van der Waals surface area contributed by atoms with Crippen LogP contribution in [0, 0.1) is 6.92 Å². The first-order valence-electron chi connectivity index (χ1n) is 10.8. The summed E-state index contributed by atoms with van der Waals surface area (Å²) in [5.41, 5.74) is 4.91. The van der Waals surface area contributed by atoms with Crippen molar-refractivity contribution in [2.75, 3.05) is 0 Å². The lowest BCUT2D eigenvalue weighted by molar-refractivity contribution is -0.286. The summed E-state index contributed by atoms with van der Waals surface area (Å²) in [5, 5.41) is 0. The molecule has 6 heteroatoms. The van der Waals surface area contributed by atoms with Crippen LogP contribution in [0.1, 0.15) is 43.6 Å². The third-order valence-corrected chi connectivity index (χ3v) is 6.34. The Morgan fingerprint density at radius 3 is 2.59 bits per heavy atom. The predicted octanol–water partition coefficient (Wildman–Crippen LogP) is 6.03. The fraction of sp³-hybridized carbons (Fsp3) is 0.308. The minimum Gasteiger partial charge on any atom is -0.395 e. The largest absolute Gasteiger partial charge is 0.586 e. The Labute approximate surface area is 186 Å². The summed E-state index contributed by atoms with van der Waals surface area (Å²) in [5.74, 6) is -0.00739. The number of hydrogen-bond acceptors (Lipinski definition) is 4. The molecule has 0 atom stereocenters. The summed E-state index contributed by atoms with van der Waals surface area (Å²) >= 11 is 0. The number of carbonyl (C=O) groups is 1. The molecule has 4 nitrogen and oxygen atoms in total. The summed E-state index contributed by atoms with van der Waals surface area (Å²) < 4.78 is 35.8. The Bertz CT molecular complexity index is 1220. The number of fused-ring (bicyclic) bond motifs is 1. The molecular formula is C26H25F2NO3. The van der Waals surface area contributed by atoms with E-state index in [9.17, 15) is 13.6 Å². The maximum absolute atomic E-state index is 13.4. The molecule has 0 saturated heterocycles. The van der Waals surface area contributed by atoms with E-state index in [0.717, 1.165) is 23.2 Å². The van der Waals surface area contributed by atoms with Crippen LogP contribution in [0.5, 0.6) is 11.5 Å². The number of ether oxygens (including phenoxy) is 2. The van der Waals surface area contributed by atoms with Gasteiger partial charge in [0.05, 0.1) is 11.1 Å². The van der Waals surface area contributed by atoms with Gasteiger partial charge in [-0.3, -0.25) is 9.78 Å². The number of benzene rings is 2. The second-order valence-corrected chi connectivity index (χ2v) is 8.53. The maximum Gasteiger partial charge on any atom is 0.586 e. The summed E-state index contributed by atoms with van der Waals surface area (Å²) in [4.78, 5) is 18.1. The minimum absolute atomic E-state index is 0. The molecule has 0 bridgehead atoms. The molecule has 1 fully saturated rings. The van der Waals surface area contributed by atoms with Crippen LogP contribution in [0.4, 0.5) is 8.78 Å². The van der Waals surface area contributed by atoms with Crippen molar-refractivity contribution in [1.82, 2.24) is 4.98 Å². The molecule has 5 rings (SSSR count). The molecule has 2 aromatic carbocycles. The summed E-state index contributed by atoms with van der Waals surface area (Å²) in [6.07, 6.45) is -1.18. The molecule has 0 N–H and O–H groups in total. The molecule has 2 aliphatic rings. The van der Waals surface area contributed by atoms with E-state index in [1.165, 1.54) is 17.7 Å². The second kappa shape index (κ2) is 7.40. The number of aryl methyl sites for hydroxylation is 2. The third kappa shape index (κ3) is 3.64. The van der Waals surface area contributed by atoms with Crippen molar-refractivity contribution in [1.29, 1.82) is 0 Å². The Morgan fingerprint density at radius 2 is 1.84 bits per heavy atom. The van der Waals surface area contributed by atoms with Crippen LogP contribution in [0.25, 0.3) is 11.3 Å². The number of rotatable bonds is 6. The first-order valence-corrected chi connectivity index (χ1v) is 10.8. The van der Waals surface area contributed by atoms with Crippen LogP contribution in [-0.2, 0) is 23.1 Å². The number of halogens is 2. The average Bonchev–Trinajstić information content (AvgIpc) is 3.52. The smallest absolute Gasteiger partial charge is 0.395 e. The van der Waals surface area contributed by atoms with Gasteiger partial charge in [0.25, 0.3) is 0 Å². The molecule has 2 heterocycles. The minimum atomic E-state index is -3.67. The molecule has 0 spiro atoms. The van der Waals surface area contributed by atoms with Crippen LogP contribution in [-0.4, -0.2) is 17.1 Å².